The van der Waals surface area contributed by atoms with Crippen LogP contribution in [0.3, 0.4) is 0 Å². The van der Waals surface area contributed by atoms with Crippen molar-refractivity contribution in [3.05, 3.63) is 0 Å². The lowest BCUT2D eigenvalue weighted by molar-refractivity contribution is 0.297. The molecule has 0 aliphatic carbocycles. The van der Waals surface area contributed by atoms with E-state index >= 15 is 0 Å². The summed E-state index contributed by atoms with van der Waals surface area (Å²) in [5.74, 6) is 1.53. The Morgan fingerprint density at radius 3 is 1.52 bits per heavy atom. The Balaban J connectivity index is 3.21. The molecule has 0 aromatic heterocycles. The van der Waals surface area contributed by atoms with Crippen LogP contribution in [0.15, 0.2) is 0 Å². The minimum absolute atomic E-state index is 0.259. The molecule has 0 aliphatic heterocycles. The maximum atomic E-state index is 11.4. The van der Waals surface area contributed by atoms with Crippen molar-refractivity contribution in [3.63, 3.8) is 0 Å². The lowest BCUT2D eigenvalue weighted by Crippen LogP contribution is -2.26. The van der Waals surface area contributed by atoms with Gasteiger partial charge in [0.25, 0.3) is 0 Å². The summed E-state index contributed by atoms with van der Waals surface area (Å²) >= 11 is 1.66. The van der Waals surface area contributed by atoms with Gasteiger partial charge >= 0.3 is 0 Å². The SMILES string of the molecule is CCCCCCCCCCCCCCCCSCC(CO)S(C)(=O)=O. The third kappa shape index (κ3) is 17.4. The monoisotopic (exact) mass is 394 g/mol. The van der Waals surface area contributed by atoms with Crippen molar-refractivity contribution in [2.45, 2.75) is 102 Å². The first-order valence-electron chi connectivity index (χ1n) is 10.4. The average molecular weight is 395 g/mol. The van der Waals surface area contributed by atoms with Crippen LogP contribution in [0.4, 0.5) is 0 Å². The van der Waals surface area contributed by atoms with Crippen LogP contribution in [-0.2, 0) is 9.84 Å². The molecule has 0 saturated carbocycles. The van der Waals surface area contributed by atoms with E-state index in [0.29, 0.717) is 5.75 Å². The molecule has 25 heavy (non-hydrogen) atoms. The second kappa shape index (κ2) is 17.7. The number of hydrogen-bond acceptors (Lipinski definition) is 4. The standard InChI is InChI=1S/C20H42O3S2/c1-3-4-5-6-7-8-9-10-11-12-13-14-15-16-17-24-19-20(18-21)25(2,22)23/h20-21H,3-19H2,1-2H3. The molecule has 1 atom stereocenters. The number of aliphatic hydroxyl groups excluding tert-OH is 1. The zero-order valence-corrected chi connectivity index (χ0v) is 18.3. The molecule has 0 fully saturated rings. The van der Waals surface area contributed by atoms with Crippen molar-refractivity contribution in [1.29, 1.82) is 0 Å². The minimum atomic E-state index is -3.11. The number of rotatable bonds is 19. The van der Waals surface area contributed by atoms with Gasteiger partial charge in [0.05, 0.1) is 11.9 Å². The highest BCUT2D eigenvalue weighted by Crippen LogP contribution is 2.15. The van der Waals surface area contributed by atoms with Gasteiger partial charge in [0.15, 0.2) is 9.84 Å². The van der Waals surface area contributed by atoms with E-state index in [2.05, 4.69) is 6.92 Å². The molecule has 0 aromatic rings. The van der Waals surface area contributed by atoms with Crippen molar-refractivity contribution in [1.82, 2.24) is 0 Å². The summed E-state index contributed by atoms with van der Waals surface area (Å²) in [5.41, 5.74) is 0. The predicted molar refractivity (Wildman–Crippen MR) is 113 cm³/mol. The number of hydrogen-bond donors (Lipinski definition) is 1. The highest BCUT2D eigenvalue weighted by molar-refractivity contribution is 8.00. The van der Waals surface area contributed by atoms with Crippen molar-refractivity contribution >= 4 is 21.6 Å². The molecular weight excluding hydrogens is 352 g/mol. The van der Waals surface area contributed by atoms with E-state index in [1.807, 2.05) is 0 Å². The van der Waals surface area contributed by atoms with Gasteiger partial charge in [-0.3, -0.25) is 0 Å². The zero-order chi connectivity index (χ0) is 18.8. The van der Waals surface area contributed by atoms with Gasteiger partial charge in [-0.2, -0.15) is 11.8 Å². The van der Waals surface area contributed by atoms with E-state index in [9.17, 15) is 8.42 Å². The summed E-state index contributed by atoms with van der Waals surface area (Å²) in [4.78, 5) is 0. The Morgan fingerprint density at radius 2 is 1.16 bits per heavy atom. The third-order valence-corrected chi connectivity index (χ3v) is 7.71. The Morgan fingerprint density at radius 1 is 0.760 bits per heavy atom. The van der Waals surface area contributed by atoms with E-state index in [1.165, 1.54) is 89.7 Å². The average Bonchev–Trinajstić information content (AvgIpc) is 2.56. The van der Waals surface area contributed by atoms with Crippen LogP contribution in [0, 0.1) is 0 Å². The summed E-state index contributed by atoms with van der Waals surface area (Å²) in [5, 5.41) is 8.50. The van der Waals surface area contributed by atoms with Gasteiger partial charge in [-0.1, -0.05) is 90.4 Å². The molecular formula is C20H42O3S2. The van der Waals surface area contributed by atoms with Gasteiger partial charge in [-0.05, 0) is 12.2 Å². The first kappa shape index (κ1) is 25.3. The summed E-state index contributed by atoms with van der Waals surface area (Å²) in [7, 11) is -3.11. The number of aliphatic hydroxyl groups is 1. The minimum Gasteiger partial charge on any atom is -0.395 e. The Bertz CT molecular complexity index is 369. The van der Waals surface area contributed by atoms with Gasteiger partial charge in [-0.25, -0.2) is 8.42 Å². The van der Waals surface area contributed by atoms with Crippen LogP contribution < -0.4 is 0 Å². The second-order valence-corrected chi connectivity index (χ2v) is 10.8. The fourth-order valence-corrected chi connectivity index (χ4v) is 5.42. The van der Waals surface area contributed by atoms with E-state index in [0.717, 1.165) is 12.2 Å². The molecule has 0 radical (unpaired) electrons. The highest BCUT2D eigenvalue weighted by atomic mass is 32.2. The van der Waals surface area contributed by atoms with Crippen LogP contribution in [-0.4, -0.2) is 43.1 Å². The van der Waals surface area contributed by atoms with Gasteiger partial charge in [0, 0.05) is 12.0 Å². The molecule has 152 valence electrons. The Hall–Kier alpha value is 0.260. The van der Waals surface area contributed by atoms with Gasteiger partial charge in [-0.15, -0.1) is 0 Å². The molecule has 0 amide bonds. The Kier molecular flexibility index (Phi) is 17.8. The maximum Gasteiger partial charge on any atom is 0.153 e. The molecule has 5 heteroatoms. The molecule has 0 rings (SSSR count). The van der Waals surface area contributed by atoms with Crippen molar-refractivity contribution in [2.75, 3.05) is 24.4 Å². The normalized spacial score (nSPS) is 13.2. The fourth-order valence-electron chi connectivity index (χ4n) is 2.93. The number of unbranched alkanes of at least 4 members (excludes halogenated alkanes) is 13. The number of sulfone groups is 1. The molecule has 1 N–H and O–H groups in total. The van der Waals surface area contributed by atoms with Crippen LogP contribution in [0.1, 0.15) is 96.8 Å². The molecule has 1 unspecified atom stereocenters. The predicted octanol–water partition coefficient (Wildman–Crippen LogP) is 5.61. The lowest BCUT2D eigenvalue weighted by atomic mass is 10.0. The van der Waals surface area contributed by atoms with E-state index in [4.69, 9.17) is 5.11 Å². The summed E-state index contributed by atoms with van der Waals surface area (Å²) < 4.78 is 22.8. The van der Waals surface area contributed by atoms with Crippen molar-refractivity contribution in [2.24, 2.45) is 0 Å². The Labute approximate surface area is 161 Å². The molecule has 0 aliphatic rings. The maximum absolute atomic E-state index is 11.4. The quantitative estimate of drug-likeness (QED) is 0.289. The van der Waals surface area contributed by atoms with Gasteiger partial charge in [0.1, 0.15) is 0 Å². The molecule has 0 aromatic carbocycles. The summed E-state index contributed by atoms with van der Waals surface area (Å²) in [6.07, 6.45) is 20.2. The van der Waals surface area contributed by atoms with Crippen molar-refractivity contribution < 1.29 is 13.5 Å². The molecule has 0 saturated heterocycles. The second-order valence-electron chi connectivity index (χ2n) is 7.31. The first-order valence-corrected chi connectivity index (χ1v) is 13.5. The van der Waals surface area contributed by atoms with Crippen LogP contribution in [0.25, 0.3) is 0 Å². The van der Waals surface area contributed by atoms with Crippen LogP contribution in [0.5, 0.6) is 0 Å². The molecule has 0 spiro atoms. The summed E-state index contributed by atoms with van der Waals surface area (Å²) in [6, 6.07) is 0. The van der Waals surface area contributed by atoms with Gasteiger partial charge in [0.2, 0.25) is 0 Å². The van der Waals surface area contributed by atoms with E-state index in [-0.39, 0.29) is 6.61 Å². The highest BCUT2D eigenvalue weighted by Gasteiger charge is 2.19. The topological polar surface area (TPSA) is 54.4 Å². The van der Waals surface area contributed by atoms with E-state index in [1.54, 1.807) is 11.8 Å². The summed E-state index contributed by atoms with van der Waals surface area (Å²) in [6.45, 7) is 2.01. The van der Waals surface area contributed by atoms with Gasteiger partial charge < -0.3 is 5.11 Å². The largest absolute Gasteiger partial charge is 0.395 e. The molecule has 0 heterocycles. The molecule has 0 bridgehead atoms. The smallest absolute Gasteiger partial charge is 0.153 e. The molecule has 3 nitrogen and oxygen atoms in total. The fraction of sp³-hybridized carbons (Fsp3) is 1.00. The lowest BCUT2D eigenvalue weighted by Gasteiger charge is -2.11. The van der Waals surface area contributed by atoms with Crippen LogP contribution in [0.2, 0.25) is 0 Å². The first-order chi connectivity index (χ1) is 12.0. The zero-order valence-electron chi connectivity index (χ0n) is 16.7. The van der Waals surface area contributed by atoms with Crippen LogP contribution >= 0.6 is 11.8 Å². The third-order valence-electron chi connectivity index (χ3n) is 4.76. The number of thioether (sulfide) groups is 1. The van der Waals surface area contributed by atoms with E-state index < -0.39 is 15.1 Å². The van der Waals surface area contributed by atoms with Crippen molar-refractivity contribution in [3.8, 4) is 0 Å².